The van der Waals surface area contributed by atoms with Crippen LogP contribution in [0.1, 0.15) is 24.2 Å². The van der Waals surface area contributed by atoms with Crippen molar-refractivity contribution in [1.29, 1.82) is 0 Å². The van der Waals surface area contributed by atoms with E-state index < -0.39 is 5.97 Å². The molecule has 1 aromatic carbocycles. The Hall–Kier alpha value is -1.75. The lowest BCUT2D eigenvalue weighted by molar-refractivity contribution is 0.0466. The van der Waals surface area contributed by atoms with Gasteiger partial charge >= 0.3 is 5.97 Å². The van der Waals surface area contributed by atoms with Crippen LogP contribution in [0.5, 0.6) is 11.5 Å². The van der Waals surface area contributed by atoms with Gasteiger partial charge in [0.1, 0.15) is 6.61 Å². The van der Waals surface area contributed by atoms with Crippen molar-refractivity contribution in [2.75, 3.05) is 33.4 Å². The van der Waals surface area contributed by atoms with Gasteiger partial charge in [0.2, 0.25) is 0 Å². The van der Waals surface area contributed by atoms with Crippen molar-refractivity contribution in [3.63, 3.8) is 0 Å². The molecule has 5 heteroatoms. The Morgan fingerprint density at radius 2 is 2.00 bits per heavy atom. The first kappa shape index (κ1) is 15.3. The summed E-state index contributed by atoms with van der Waals surface area (Å²) < 4.78 is 10.1. The summed E-state index contributed by atoms with van der Waals surface area (Å²) >= 11 is 0. The highest BCUT2D eigenvalue weighted by molar-refractivity contribution is 5.90. The Labute approximate surface area is 113 Å². The van der Waals surface area contributed by atoms with E-state index in [4.69, 9.17) is 9.47 Å². The van der Waals surface area contributed by atoms with E-state index in [1.807, 2.05) is 0 Å². The predicted molar refractivity (Wildman–Crippen MR) is 72.7 cm³/mol. The van der Waals surface area contributed by atoms with Crippen molar-refractivity contribution in [2.24, 2.45) is 0 Å². The van der Waals surface area contributed by atoms with Gasteiger partial charge < -0.3 is 19.5 Å². The van der Waals surface area contributed by atoms with Crippen molar-refractivity contribution < 1.29 is 19.4 Å². The minimum Gasteiger partial charge on any atom is -0.504 e. The molecule has 0 heterocycles. The third-order valence-corrected chi connectivity index (χ3v) is 2.95. The third kappa shape index (κ3) is 4.44. The Morgan fingerprint density at radius 3 is 2.53 bits per heavy atom. The molecular weight excluding hydrogens is 246 g/mol. The van der Waals surface area contributed by atoms with Gasteiger partial charge in [-0.15, -0.1) is 0 Å². The van der Waals surface area contributed by atoms with Crippen LogP contribution in [0.3, 0.4) is 0 Å². The summed E-state index contributed by atoms with van der Waals surface area (Å²) in [5.74, 6) is -0.175. The number of nitrogens with zero attached hydrogens (tertiary/aromatic N) is 1. The molecule has 5 nitrogen and oxygen atoms in total. The molecule has 0 bridgehead atoms. The summed E-state index contributed by atoms with van der Waals surface area (Å²) in [4.78, 5) is 13.9. The summed E-state index contributed by atoms with van der Waals surface area (Å²) in [7, 11) is 1.46. The van der Waals surface area contributed by atoms with Crippen LogP contribution in [0, 0.1) is 0 Å². The molecular formula is C14H21NO4. The maximum absolute atomic E-state index is 11.8. The van der Waals surface area contributed by atoms with Gasteiger partial charge in [0.05, 0.1) is 12.7 Å². The monoisotopic (exact) mass is 267 g/mol. The highest BCUT2D eigenvalue weighted by Gasteiger charge is 2.11. The van der Waals surface area contributed by atoms with E-state index in [9.17, 15) is 9.90 Å². The highest BCUT2D eigenvalue weighted by Crippen LogP contribution is 2.26. The zero-order chi connectivity index (χ0) is 14.3. The molecule has 19 heavy (non-hydrogen) atoms. The molecule has 0 saturated carbocycles. The zero-order valence-electron chi connectivity index (χ0n) is 11.7. The van der Waals surface area contributed by atoms with Crippen molar-refractivity contribution >= 4 is 5.97 Å². The van der Waals surface area contributed by atoms with Crippen LogP contribution in [0.15, 0.2) is 18.2 Å². The molecule has 106 valence electrons. The molecule has 1 aromatic rings. The Morgan fingerprint density at radius 1 is 1.32 bits per heavy atom. The van der Waals surface area contributed by atoms with Gasteiger partial charge in [-0.25, -0.2) is 4.79 Å². The molecule has 1 N–H and O–H groups in total. The smallest absolute Gasteiger partial charge is 0.338 e. The maximum atomic E-state index is 11.8. The second-order valence-corrected chi connectivity index (χ2v) is 4.05. The van der Waals surface area contributed by atoms with Crippen LogP contribution in [-0.4, -0.2) is 49.3 Å². The molecule has 0 aromatic heterocycles. The number of phenolic OH excluding ortho intramolecular Hbond substituents is 1. The minimum absolute atomic E-state index is 0.0688. The van der Waals surface area contributed by atoms with Gasteiger partial charge in [-0.2, -0.15) is 0 Å². The second kappa shape index (κ2) is 7.63. The largest absolute Gasteiger partial charge is 0.504 e. The van der Waals surface area contributed by atoms with Crippen LogP contribution in [0.25, 0.3) is 0 Å². The van der Waals surface area contributed by atoms with E-state index in [1.165, 1.54) is 19.2 Å². The number of aromatic hydroxyl groups is 1. The van der Waals surface area contributed by atoms with Gasteiger partial charge in [0.15, 0.2) is 11.5 Å². The quantitative estimate of drug-likeness (QED) is 0.765. The molecule has 0 fully saturated rings. The normalized spacial score (nSPS) is 10.5. The van der Waals surface area contributed by atoms with Gasteiger partial charge in [0, 0.05) is 6.54 Å². The molecule has 1 rings (SSSR count). The van der Waals surface area contributed by atoms with Crippen LogP contribution in [-0.2, 0) is 4.74 Å². The highest BCUT2D eigenvalue weighted by atomic mass is 16.5. The van der Waals surface area contributed by atoms with E-state index >= 15 is 0 Å². The number of carbonyl (C=O) groups is 1. The number of hydrogen-bond donors (Lipinski definition) is 1. The Bertz CT molecular complexity index is 416. The van der Waals surface area contributed by atoms with Crippen molar-refractivity contribution in [1.82, 2.24) is 4.90 Å². The summed E-state index contributed by atoms with van der Waals surface area (Å²) in [5, 5.41) is 9.59. The molecule has 0 aliphatic carbocycles. The Kier molecular flexibility index (Phi) is 6.15. The molecule has 0 aliphatic heterocycles. The van der Waals surface area contributed by atoms with Crippen LogP contribution >= 0.6 is 0 Å². The first-order chi connectivity index (χ1) is 9.12. The lowest BCUT2D eigenvalue weighted by atomic mass is 10.2. The fourth-order valence-electron chi connectivity index (χ4n) is 1.71. The number of benzene rings is 1. The van der Waals surface area contributed by atoms with Crippen molar-refractivity contribution in [3.05, 3.63) is 23.8 Å². The predicted octanol–water partition coefficient (Wildman–Crippen LogP) is 1.90. The van der Waals surface area contributed by atoms with Crippen molar-refractivity contribution in [2.45, 2.75) is 13.8 Å². The third-order valence-electron chi connectivity index (χ3n) is 2.95. The number of hydrogen-bond acceptors (Lipinski definition) is 5. The SMILES string of the molecule is CCN(CC)CCOC(=O)c1ccc(OC)c(O)c1. The van der Waals surface area contributed by atoms with Crippen molar-refractivity contribution in [3.8, 4) is 11.5 Å². The topological polar surface area (TPSA) is 59.0 Å². The molecule has 0 unspecified atom stereocenters. The molecule has 0 radical (unpaired) electrons. The lowest BCUT2D eigenvalue weighted by Gasteiger charge is -2.17. The number of ether oxygens (including phenoxy) is 2. The number of esters is 1. The maximum Gasteiger partial charge on any atom is 0.338 e. The van der Waals surface area contributed by atoms with Crippen LogP contribution in [0.4, 0.5) is 0 Å². The van der Waals surface area contributed by atoms with E-state index in [1.54, 1.807) is 6.07 Å². The van der Waals surface area contributed by atoms with E-state index in [0.29, 0.717) is 24.5 Å². The Balaban J connectivity index is 2.52. The summed E-state index contributed by atoms with van der Waals surface area (Å²) in [6.45, 7) is 7.03. The van der Waals surface area contributed by atoms with Crippen LogP contribution in [0.2, 0.25) is 0 Å². The van der Waals surface area contributed by atoms with Gasteiger partial charge in [-0.3, -0.25) is 0 Å². The first-order valence-electron chi connectivity index (χ1n) is 6.38. The summed E-state index contributed by atoms with van der Waals surface area (Å²) in [6, 6.07) is 4.45. The van der Waals surface area contributed by atoms with Gasteiger partial charge in [0.25, 0.3) is 0 Å². The van der Waals surface area contributed by atoms with E-state index in [0.717, 1.165) is 13.1 Å². The number of phenols is 1. The van der Waals surface area contributed by atoms with Gasteiger partial charge in [-0.1, -0.05) is 13.8 Å². The minimum atomic E-state index is -0.440. The summed E-state index contributed by atoms with van der Waals surface area (Å²) in [5.41, 5.74) is 0.317. The average molecular weight is 267 g/mol. The second-order valence-electron chi connectivity index (χ2n) is 4.05. The number of likely N-dealkylation sites (N-methyl/N-ethyl adjacent to an activating group) is 1. The average Bonchev–Trinajstić information content (AvgIpc) is 2.43. The molecule has 0 atom stereocenters. The molecule has 0 spiro atoms. The van der Waals surface area contributed by atoms with E-state index in [2.05, 4.69) is 18.7 Å². The number of methoxy groups -OCH3 is 1. The lowest BCUT2D eigenvalue weighted by Crippen LogP contribution is -2.27. The fourth-order valence-corrected chi connectivity index (χ4v) is 1.71. The van der Waals surface area contributed by atoms with E-state index in [-0.39, 0.29) is 5.75 Å². The molecule has 0 saturated heterocycles. The fraction of sp³-hybridized carbons (Fsp3) is 0.500. The summed E-state index contributed by atoms with van der Waals surface area (Å²) in [6.07, 6.45) is 0. The molecule has 0 aliphatic rings. The standard InChI is InChI=1S/C14H21NO4/c1-4-15(5-2)8-9-19-14(17)11-6-7-13(18-3)12(16)10-11/h6-7,10,16H,4-5,8-9H2,1-3H3. The number of carbonyl (C=O) groups excluding carboxylic acids is 1. The van der Waals surface area contributed by atoms with Crippen LogP contribution < -0.4 is 4.74 Å². The first-order valence-corrected chi connectivity index (χ1v) is 6.38. The molecule has 0 amide bonds. The van der Waals surface area contributed by atoms with Gasteiger partial charge in [-0.05, 0) is 31.3 Å². The number of rotatable bonds is 7. The zero-order valence-corrected chi connectivity index (χ0v) is 11.7.